The van der Waals surface area contributed by atoms with Crippen LogP contribution in [-0.2, 0) is 6.54 Å². The molecule has 1 aromatic carbocycles. The van der Waals surface area contributed by atoms with Gasteiger partial charge in [0.05, 0.1) is 30.1 Å². The zero-order valence-corrected chi connectivity index (χ0v) is 15.4. The Hall–Kier alpha value is -2.22. The molecule has 6 nitrogen and oxygen atoms in total. The smallest absolute Gasteiger partial charge is 0.268 e. The number of carbonyl (C=O) groups is 1. The van der Waals surface area contributed by atoms with E-state index in [-0.39, 0.29) is 12.5 Å². The third-order valence-electron chi connectivity index (χ3n) is 4.24. The number of rotatable bonds is 6. The number of thiazole rings is 1. The van der Waals surface area contributed by atoms with E-state index in [1.165, 1.54) is 11.3 Å². The molecule has 4 rings (SSSR count). The van der Waals surface area contributed by atoms with Crippen LogP contribution in [0.15, 0.2) is 35.8 Å². The summed E-state index contributed by atoms with van der Waals surface area (Å²) in [5, 5.41) is 17.4. The zero-order valence-electron chi connectivity index (χ0n) is 13.9. The summed E-state index contributed by atoms with van der Waals surface area (Å²) in [7, 11) is 0. The van der Waals surface area contributed by atoms with E-state index < -0.39 is 0 Å². The third-order valence-corrected chi connectivity index (χ3v) is 5.33. The highest BCUT2D eigenvalue weighted by molar-refractivity contribution is 7.12. The van der Waals surface area contributed by atoms with Crippen molar-refractivity contribution in [2.45, 2.75) is 25.3 Å². The van der Waals surface area contributed by atoms with E-state index in [0.717, 1.165) is 24.1 Å². The van der Waals surface area contributed by atoms with Crippen molar-refractivity contribution in [1.29, 1.82) is 0 Å². The number of nitrogens with one attached hydrogen (secondary N) is 1. The molecule has 0 spiro atoms. The van der Waals surface area contributed by atoms with E-state index in [0.29, 0.717) is 33.9 Å². The molecule has 1 fully saturated rings. The first-order valence-electron chi connectivity index (χ1n) is 8.35. The van der Waals surface area contributed by atoms with Crippen molar-refractivity contribution < 1.29 is 9.90 Å². The number of nitrogens with zero attached hydrogens (tertiary/aromatic N) is 3. The number of benzene rings is 1. The summed E-state index contributed by atoms with van der Waals surface area (Å²) < 4.78 is 1.60. The molecule has 0 aliphatic heterocycles. The van der Waals surface area contributed by atoms with Crippen molar-refractivity contribution in [2.24, 2.45) is 0 Å². The van der Waals surface area contributed by atoms with Gasteiger partial charge >= 0.3 is 0 Å². The molecule has 0 saturated heterocycles. The Kier molecular flexibility index (Phi) is 4.76. The highest BCUT2D eigenvalue weighted by Gasteiger charge is 2.31. The summed E-state index contributed by atoms with van der Waals surface area (Å²) >= 11 is 7.29. The van der Waals surface area contributed by atoms with Crippen LogP contribution in [0, 0.1) is 0 Å². The van der Waals surface area contributed by atoms with Gasteiger partial charge in [-0.1, -0.05) is 23.7 Å². The molecule has 1 aliphatic carbocycles. The Balaban J connectivity index is 1.61. The lowest BCUT2D eigenvalue weighted by atomic mass is 10.1. The van der Waals surface area contributed by atoms with Gasteiger partial charge in [0.15, 0.2) is 0 Å². The van der Waals surface area contributed by atoms with Crippen LogP contribution in [0.1, 0.15) is 34.1 Å². The molecular weight excluding hydrogens is 372 g/mol. The molecule has 2 aromatic heterocycles. The summed E-state index contributed by atoms with van der Waals surface area (Å²) in [6.45, 7) is 0.222. The first-order valence-corrected chi connectivity index (χ1v) is 9.61. The Labute approximate surface area is 159 Å². The van der Waals surface area contributed by atoms with Gasteiger partial charge in [-0.3, -0.25) is 4.79 Å². The van der Waals surface area contributed by atoms with E-state index in [9.17, 15) is 9.90 Å². The van der Waals surface area contributed by atoms with Gasteiger partial charge in [-0.05, 0) is 25.0 Å². The van der Waals surface area contributed by atoms with Crippen LogP contribution in [0.3, 0.4) is 0 Å². The molecule has 0 unspecified atom stereocenters. The van der Waals surface area contributed by atoms with Crippen molar-refractivity contribution in [3.63, 3.8) is 0 Å². The molecule has 2 N–H and O–H groups in total. The van der Waals surface area contributed by atoms with Gasteiger partial charge in [0.2, 0.25) is 0 Å². The van der Waals surface area contributed by atoms with E-state index in [1.807, 2.05) is 12.1 Å². The molecule has 1 aliphatic rings. The fourth-order valence-corrected chi connectivity index (χ4v) is 3.69. The van der Waals surface area contributed by atoms with Gasteiger partial charge in [-0.2, -0.15) is 5.10 Å². The molecule has 3 aromatic rings. The quantitative estimate of drug-likeness (QED) is 0.673. The summed E-state index contributed by atoms with van der Waals surface area (Å²) in [5.41, 5.74) is 4.20. The number of amides is 1. The van der Waals surface area contributed by atoms with E-state index >= 15 is 0 Å². The molecule has 134 valence electrons. The fraction of sp³-hybridized carbons (Fsp3) is 0.278. The van der Waals surface area contributed by atoms with Crippen LogP contribution in [0.4, 0.5) is 5.82 Å². The Morgan fingerprint density at radius 1 is 1.35 bits per heavy atom. The van der Waals surface area contributed by atoms with Crippen molar-refractivity contribution in [2.75, 3.05) is 11.9 Å². The number of hydrogen-bond donors (Lipinski definition) is 2. The van der Waals surface area contributed by atoms with E-state index in [2.05, 4.69) is 15.4 Å². The lowest BCUT2D eigenvalue weighted by Crippen LogP contribution is -2.17. The second-order valence-electron chi connectivity index (χ2n) is 6.16. The SMILES string of the molecule is O=C(Nc1cc(-c2ccc(Cl)cc2)nn1CCO)c1scnc1C1CC1. The number of anilines is 1. The van der Waals surface area contributed by atoms with Crippen LogP contribution >= 0.6 is 22.9 Å². The normalized spacial score (nSPS) is 13.8. The topological polar surface area (TPSA) is 80.0 Å². The number of hydrogen-bond acceptors (Lipinski definition) is 5. The molecule has 26 heavy (non-hydrogen) atoms. The van der Waals surface area contributed by atoms with Gasteiger partial charge in [-0.15, -0.1) is 11.3 Å². The maximum absolute atomic E-state index is 12.7. The summed E-state index contributed by atoms with van der Waals surface area (Å²) in [4.78, 5) is 17.7. The zero-order chi connectivity index (χ0) is 18.1. The molecular formula is C18H17ClN4O2S. The number of aromatic nitrogens is 3. The summed E-state index contributed by atoms with van der Waals surface area (Å²) in [6.07, 6.45) is 2.18. The largest absolute Gasteiger partial charge is 0.394 e. The van der Waals surface area contributed by atoms with Crippen molar-refractivity contribution in [1.82, 2.24) is 14.8 Å². The molecule has 1 amide bonds. The van der Waals surface area contributed by atoms with Gasteiger partial charge in [0.1, 0.15) is 10.7 Å². The minimum Gasteiger partial charge on any atom is -0.394 e. The van der Waals surface area contributed by atoms with Crippen molar-refractivity contribution >= 4 is 34.7 Å². The maximum Gasteiger partial charge on any atom is 0.268 e. The summed E-state index contributed by atoms with van der Waals surface area (Å²) in [5.74, 6) is 0.772. The van der Waals surface area contributed by atoms with E-state index in [4.69, 9.17) is 11.6 Å². The second-order valence-corrected chi connectivity index (χ2v) is 7.45. The highest BCUT2D eigenvalue weighted by atomic mass is 35.5. The fourth-order valence-electron chi connectivity index (χ4n) is 2.79. The predicted molar refractivity (Wildman–Crippen MR) is 102 cm³/mol. The van der Waals surface area contributed by atoms with Crippen molar-refractivity contribution in [3.05, 3.63) is 51.4 Å². The minimum atomic E-state index is -0.184. The third kappa shape index (κ3) is 3.51. The lowest BCUT2D eigenvalue weighted by Gasteiger charge is -2.07. The maximum atomic E-state index is 12.7. The highest BCUT2D eigenvalue weighted by Crippen LogP contribution is 2.42. The Morgan fingerprint density at radius 2 is 2.12 bits per heavy atom. The number of aliphatic hydroxyl groups excluding tert-OH is 1. The molecule has 0 bridgehead atoms. The molecule has 0 radical (unpaired) electrons. The van der Waals surface area contributed by atoms with E-state index in [1.54, 1.807) is 28.4 Å². The number of carbonyl (C=O) groups excluding carboxylic acids is 1. The first kappa shape index (κ1) is 17.2. The average molecular weight is 389 g/mol. The molecule has 2 heterocycles. The van der Waals surface area contributed by atoms with Crippen molar-refractivity contribution in [3.8, 4) is 11.3 Å². The van der Waals surface area contributed by atoms with Crippen LogP contribution < -0.4 is 5.32 Å². The lowest BCUT2D eigenvalue weighted by molar-refractivity contribution is 0.102. The number of aliphatic hydroxyl groups is 1. The molecule has 1 saturated carbocycles. The molecule has 8 heteroatoms. The van der Waals surface area contributed by atoms with Gasteiger partial charge in [0.25, 0.3) is 5.91 Å². The van der Waals surface area contributed by atoms with Crippen LogP contribution in [-0.4, -0.2) is 32.4 Å². The monoisotopic (exact) mass is 388 g/mol. The Morgan fingerprint density at radius 3 is 2.81 bits per heavy atom. The second kappa shape index (κ2) is 7.19. The minimum absolute atomic E-state index is 0.0709. The van der Waals surface area contributed by atoms with Gasteiger partial charge in [0, 0.05) is 22.6 Å². The molecule has 0 atom stereocenters. The predicted octanol–water partition coefficient (Wildman–Crippen LogP) is 3.78. The Bertz CT molecular complexity index is 931. The van der Waals surface area contributed by atoms with Crippen LogP contribution in [0.25, 0.3) is 11.3 Å². The summed E-state index contributed by atoms with van der Waals surface area (Å²) in [6, 6.07) is 9.12. The first-order chi connectivity index (χ1) is 12.7. The van der Waals surface area contributed by atoms with Crippen LogP contribution in [0.2, 0.25) is 5.02 Å². The van der Waals surface area contributed by atoms with Gasteiger partial charge < -0.3 is 10.4 Å². The van der Waals surface area contributed by atoms with Crippen LogP contribution in [0.5, 0.6) is 0 Å². The standard InChI is InChI=1S/C18H17ClN4O2S/c19-13-5-3-11(4-6-13)14-9-15(23(22-14)7-8-24)21-18(25)17-16(12-1-2-12)20-10-26-17/h3-6,9-10,12,24H,1-2,7-8H2,(H,21,25). The van der Waals surface area contributed by atoms with Gasteiger partial charge in [-0.25, -0.2) is 9.67 Å². The number of halogens is 1. The average Bonchev–Trinajstić information content (AvgIpc) is 3.22.